The number of carbonyl (C=O) groups is 2. The van der Waals surface area contributed by atoms with Gasteiger partial charge in [0, 0.05) is 18.0 Å². The molecule has 2 amide bonds. The fourth-order valence-electron chi connectivity index (χ4n) is 2.75. The summed E-state index contributed by atoms with van der Waals surface area (Å²) in [5.74, 6) is -2.38. The predicted molar refractivity (Wildman–Crippen MR) is 87.8 cm³/mol. The number of hydrogen-bond donors (Lipinski definition) is 2. The summed E-state index contributed by atoms with van der Waals surface area (Å²) in [6.45, 7) is 0.401. The van der Waals surface area contributed by atoms with Gasteiger partial charge in [0.05, 0.1) is 6.21 Å². The van der Waals surface area contributed by atoms with E-state index in [1.54, 1.807) is 18.2 Å². The molecule has 1 aliphatic heterocycles. The number of nitrogens with one attached hydrogen (secondary N) is 2. The van der Waals surface area contributed by atoms with Crippen molar-refractivity contribution in [3.05, 3.63) is 71.5 Å². The van der Waals surface area contributed by atoms with Crippen LogP contribution >= 0.6 is 0 Å². The lowest BCUT2D eigenvalue weighted by Crippen LogP contribution is -2.34. The van der Waals surface area contributed by atoms with Crippen molar-refractivity contribution < 1.29 is 14.0 Å². The van der Waals surface area contributed by atoms with Crippen molar-refractivity contribution in [1.29, 1.82) is 0 Å². The highest BCUT2D eigenvalue weighted by molar-refractivity contribution is 6.03. The molecule has 3 rings (SSSR count). The molecule has 5 nitrogen and oxygen atoms in total. The van der Waals surface area contributed by atoms with Crippen LogP contribution in [0.15, 0.2) is 59.7 Å². The van der Waals surface area contributed by atoms with Crippen molar-refractivity contribution in [2.45, 2.75) is 5.92 Å². The lowest BCUT2D eigenvalue weighted by Gasteiger charge is -2.15. The van der Waals surface area contributed by atoms with E-state index in [0.717, 1.165) is 5.56 Å². The minimum absolute atomic E-state index is 0.248. The first kappa shape index (κ1) is 15.9. The normalized spacial score (nSPS) is 20.1. The maximum Gasteiger partial charge on any atom is 0.253 e. The van der Waals surface area contributed by atoms with Crippen molar-refractivity contribution in [1.82, 2.24) is 10.7 Å². The molecule has 2 N–H and O–H groups in total. The van der Waals surface area contributed by atoms with Crippen LogP contribution in [-0.2, 0) is 9.59 Å². The van der Waals surface area contributed by atoms with Crippen LogP contribution in [-0.4, -0.2) is 24.6 Å². The predicted octanol–water partition coefficient (Wildman–Crippen LogP) is 1.81. The second-order valence-corrected chi connectivity index (χ2v) is 5.50. The summed E-state index contributed by atoms with van der Waals surface area (Å²) < 4.78 is 13.5. The molecule has 0 saturated carbocycles. The number of rotatable bonds is 4. The van der Waals surface area contributed by atoms with Crippen LogP contribution in [0.1, 0.15) is 17.0 Å². The van der Waals surface area contributed by atoms with E-state index in [1.165, 1.54) is 12.3 Å². The lowest BCUT2D eigenvalue weighted by atomic mass is 9.88. The van der Waals surface area contributed by atoms with Crippen molar-refractivity contribution >= 4 is 18.0 Å². The minimum Gasteiger partial charge on any atom is -0.355 e. The molecule has 0 bridgehead atoms. The molecule has 2 aromatic rings. The van der Waals surface area contributed by atoms with Gasteiger partial charge < -0.3 is 5.32 Å². The van der Waals surface area contributed by atoms with E-state index in [4.69, 9.17) is 0 Å². The fourth-order valence-corrected chi connectivity index (χ4v) is 2.75. The highest BCUT2D eigenvalue weighted by atomic mass is 19.1. The van der Waals surface area contributed by atoms with Crippen LogP contribution in [0.5, 0.6) is 0 Å². The molecule has 24 heavy (non-hydrogen) atoms. The van der Waals surface area contributed by atoms with Gasteiger partial charge in [-0.15, -0.1) is 0 Å². The molecule has 0 aliphatic carbocycles. The SMILES string of the molecule is O=C1NC[C@@H](c2ccccc2)[C@H]1C(=O)N/N=C/c1ccccc1F. The first-order valence-corrected chi connectivity index (χ1v) is 7.57. The largest absolute Gasteiger partial charge is 0.355 e. The van der Waals surface area contributed by atoms with Crippen molar-refractivity contribution in [2.75, 3.05) is 6.54 Å². The zero-order chi connectivity index (χ0) is 16.9. The Morgan fingerprint density at radius 1 is 1.17 bits per heavy atom. The maximum atomic E-state index is 13.5. The number of halogens is 1. The minimum atomic E-state index is -0.856. The Labute approximate surface area is 138 Å². The summed E-state index contributed by atoms with van der Waals surface area (Å²) in [6.07, 6.45) is 1.22. The molecule has 1 heterocycles. The average molecular weight is 325 g/mol. The quantitative estimate of drug-likeness (QED) is 0.511. The van der Waals surface area contributed by atoms with Crippen LogP contribution in [0.2, 0.25) is 0 Å². The van der Waals surface area contributed by atoms with Crippen LogP contribution in [0.4, 0.5) is 4.39 Å². The molecular weight excluding hydrogens is 309 g/mol. The molecule has 122 valence electrons. The molecule has 0 aromatic heterocycles. The monoisotopic (exact) mass is 325 g/mol. The van der Waals surface area contributed by atoms with Gasteiger partial charge >= 0.3 is 0 Å². The van der Waals surface area contributed by atoms with E-state index in [1.807, 2.05) is 30.3 Å². The highest BCUT2D eigenvalue weighted by Gasteiger charge is 2.40. The first-order chi connectivity index (χ1) is 11.7. The van der Waals surface area contributed by atoms with Crippen molar-refractivity contribution in [3.63, 3.8) is 0 Å². The third-order valence-corrected chi connectivity index (χ3v) is 3.97. The van der Waals surface area contributed by atoms with E-state index in [2.05, 4.69) is 15.8 Å². The lowest BCUT2D eigenvalue weighted by molar-refractivity contribution is -0.133. The first-order valence-electron chi connectivity index (χ1n) is 7.57. The summed E-state index contributed by atoms with van der Waals surface area (Å²) in [6, 6.07) is 15.5. The molecule has 0 spiro atoms. The summed E-state index contributed by atoms with van der Waals surface area (Å²) in [4.78, 5) is 24.3. The van der Waals surface area contributed by atoms with Gasteiger partial charge in [0.2, 0.25) is 5.91 Å². The number of carbonyl (C=O) groups excluding carboxylic acids is 2. The molecule has 1 aliphatic rings. The number of nitrogens with zero attached hydrogens (tertiary/aromatic N) is 1. The topological polar surface area (TPSA) is 70.6 Å². The van der Waals surface area contributed by atoms with Gasteiger partial charge in [-0.25, -0.2) is 9.82 Å². The summed E-state index contributed by atoms with van der Waals surface area (Å²) in [5, 5.41) is 6.47. The average Bonchev–Trinajstić information content (AvgIpc) is 2.99. The van der Waals surface area contributed by atoms with Crippen LogP contribution in [0.25, 0.3) is 0 Å². The Kier molecular flexibility index (Phi) is 4.65. The Morgan fingerprint density at radius 2 is 1.88 bits per heavy atom. The fraction of sp³-hybridized carbons (Fsp3) is 0.167. The van der Waals surface area contributed by atoms with Crippen LogP contribution in [0.3, 0.4) is 0 Å². The van der Waals surface area contributed by atoms with Gasteiger partial charge in [-0.1, -0.05) is 48.5 Å². The van der Waals surface area contributed by atoms with E-state index in [-0.39, 0.29) is 17.4 Å². The van der Waals surface area contributed by atoms with Gasteiger partial charge in [0.1, 0.15) is 11.7 Å². The molecule has 1 fully saturated rings. The Hall–Kier alpha value is -3.02. The van der Waals surface area contributed by atoms with E-state index in [0.29, 0.717) is 6.54 Å². The molecule has 1 saturated heterocycles. The second kappa shape index (κ2) is 7.04. The van der Waals surface area contributed by atoms with Gasteiger partial charge in [0.15, 0.2) is 0 Å². The summed E-state index contributed by atoms with van der Waals surface area (Å²) in [7, 11) is 0. The van der Waals surface area contributed by atoms with Gasteiger partial charge in [0.25, 0.3) is 5.91 Å². The number of benzene rings is 2. The zero-order valence-corrected chi connectivity index (χ0v) is 12.8. The van der Waals surface area contributed by atoms with E-state index < -0.39 is 17.6 Å². The van der Waals surface area contributed by atoms with E-state index in [9.17, 15) is 14.0 Å². The number of hydrazone groups is 1. The van der Waals surface area contributed by atoms with Gasteiger partial charge in [-0.05, 0) is 11.6 Å². The maximum absolute atomic E-state index is 13.5. The number of hydrogen-bond acceptors (Lipinski definition) is 3. The van der Waals surface area contributed by atoms with Crippen molar-refractivity contribution in [3.8, 4) is 0 Å². The van der Waals surface area contributed by atoms with Gasteiger partial charge in [-0.3, -0.25) is 9.59 Å². The number of amides is 2. The van der Waals surface area contributed by atoms with Gasteiger partial charge in [-0.2, -0.15) is 5.10 Å². The van der Waals surface area contributed by atoms with Crippen molar-refractivity contribution in [2.24, 2.45) is 11.0 Å². The third kappa shape index (κ3) is 3.32. The third-order valence-electron chi connectivity index (χ3n) is 3.97. The Balaban J connectivity index is 1.71. The summed E-state index contributed by atoms with van der Waals surface area (Å²) >= 11 is 0. The van der Waals surface area contributed by atoms with E-state index >= 15 is 0 Å². The van der Waals surface area contributed by atoms with Crippen LogP contribution < -0.4 is 10.7 Å². The molecular formula is C18H16FN3O2. The standard InChI is InChI=1S/C18H16FN3O2/c19-15-9-5-4-8-13(15)10-21-22-18(24)16-14(11-20-17(16)23)12-6-2-1-3-7-12/h1-10,14,16H,11H2,(H,20,23)(H,22,24)/b21-10+/t14-,16+/m0/s1. The Bertz CT molecular complexity index is 777. The Morgan fingerprint density at radius 3 is 2.62 bits per heavy atom. The molecule has 6 heteroatoms. The van der Waals surface area contributed by atoms with Crippen LogP contribution in [0, 0.1) is 11.7 Å². The highest BCUT2D eigenvalue weighted by Crippen LogP contribution is 2.28. The second-order valence-electron chi connectivity index (χ2n) is 5.50. The molecule has 2 atom stereocenters. The smallest absolute Gasteiger partial charge is 0.253 e. The molecule has 2 aromatic carbocycles. The molecule has 0 radical (unpaired) electrons. The summed E-state index contributed by atoms with van der Waals surface area (Å²) in [5.41, 5.74) is 3.50. The molecule has 0 unspecified atom stereocenters. The zero-order valence-electron chi connectivity index (χ0n) is 12.8.